The molecule has 0 saturated heterocycles. The van der Waals surface area contributed by atoms with E-state index in [9.17, 15) is 0 Å². The summed E-state index contributed by atoms with van der Waals surface area (Å²) in [5.74, 6) is 0.342. The summed E-state index contributed by atoms with van der Waals surface area (Å²) in [6.07, 6.45) is 4.55. The normalized spacial score (nSPS) is 25.7. The number of hydrogen-bond acceptors (Lipinski definition) is 5. The van der Waals surface area contributed by atoms with Crippen LogP contribution in [-0.2, 0) is 12.1 Å². The van der Waals surface area contributed by atoms with Crippen molar-refractivity contribution in [3.63, 3.8) is 0 Å². The van der Waals surface area contributed by atoms with Gasteiger partial charge < -0.3 is 21.7 Å². The van der Waals surface area contributed by atoms with Gasteiger partial charge in [0.25, 0.3) is 0 Å². The molecule has 0 bridgehead atoms. The van der Waals surface area contributed by atoms with Gasteiger partial charge in [-0.15, -0.1) is 0 Å². The van der Waals surface area contributed by atoms with Gasteiger partial charge in [-0.1, -0.05) is 12.1 Å². The van der Waals surface area contributed by atoms with Gasteiger partial charge in [0.05, 0.1) is 0 Å². The van der Waals surface area contributed by atoms with Crippen LogP contribution in [0.2, 0.25) is 0 Å². The number of aliphatic imine (C=N–C) groups is 1. The fraction of sp³-hybridized carbons (Fsp3) is 0.308. The average molecular weight is 243 g/mol. The van der Waals surface area contributed by atoms with E-state index in [0.29, 0.717) is 5.96 Å². The van der Waals surface area contributed by atoms with E-state index >= 15 is 0 Å². The lowest BCUT2D eigenvalue weighted by molar-refractivity contribution is 0.510. The van der Waals surface area contributed by atoms with Gasteiger partial charge in [0.1, 0.15) is 5.66 Å². The van der Waals surface area contributed by atoms with Crippen LogP contribution in [0, 0.1) is 0 Å². The topological polar surface area (TPSA) is 79.7 Å². The van der Waals surface area contributed by atoms with Crippen LogP contribution in [0.1, 0.15) is 11.1 Å². The molecule has 18 heavy (non-hydrogen) atoms. The fourth-order valence-corrected chi connectivity index (χ4v) is 2.49. The molecule has 0 saturated carbocycles. The van der Waals surface area contributed by atoms with Crippen molar-refractivity contribution in [1.29, 1.82) is 0 Å². The van der Waals surface area contributed by atoms with Crippen molar-refractivity contribution >= 4 is 11.6 Å². The first-order valence-corrected chi connectivity index (χ1v) is 6.01. The number of fused-ring (bicyclic) bond motifs is 1. The van der Waals surface area contributed by atoms with E-state index in [0.717, 1.165) is 18.5 Å². The van der Waals surface area contributed by atoms with Gasteiger partial charge in [-0.05, 0) is 29.7 Å². The third-order valence-electron chi connectivity index (χ3n) is 3.58. The second kappa shape index (κ2) is 3.74. The van der Waals surface area contributed by atoms with Crippen LogP contribution in [0.25, 0.3) is 0 Å². The Labute approximate surface area is 106 Å². The summed E-state index contributed by atoms with van der Waals surface area (Å²) in [4.78, 5) is 6.19. The maximum Gasteiger partial charge on any atom is 0.195 e. The first-order chi connectivity index (χ1) is 8.58. The van der Waals surface area contributed by atoms with Gasteiger partial charge in [0.15, 0.2) is 5.96 Å². The minimum Gasteiger partial charge on any atom is -0.374 e. The van der Waals surface area contributed by atoms with Crippen molar-refractivity contribution < 1.29 is 0 Å². The van der Waals surface area contributed by atoms with Crippen LogP contribution in [0.5, 0.6) is 0 Å². The summed E-state index contributed by atoms with van der Waals surface area (Å²) >= 11 is 0. The van der Waals surface area contributed by atoms with E-state index < -0.39 is 5.66 Å². The number of anilines is 1. The van der Waals surface area contributed by atoms with Crippen LogP contribution in [-0.4, -0.2) is 19.6 Å². The molecule has 5 N–H and O–H groups in total. The summed E-state index contributed by atoms with van der Waals surface area (Å²) < 4.78 is 0. The van der Waals surface area contributed by atoms with E-state index in [2.05, 4.69) is 34.4 Å². The monoisotopic (exact) mass is 243 g/mol. The highest BCUT2D eigenvalue weighted by Crippen LogP contribution is 2.31. The van der Waals surface area contributed by atoms with E-state index in [-0.39, 0.29) is 0 Å². The molecule has 1 atom stereocenters. The standard InChI is InChI=1S/C13H17N5/c1-18-7-4-9-2-3-10(8-11(9)18)13(15)5-6-16-12(14)17-13/h2-3,5-6,8H,4,7,15H2,1H3,(H3,14,16,17). The molecule has 1 aromatic rings. The maximum atomic E-state index is 6.33. The zero-order valence-electron chi connectivity index (χ0n) is 10.4. The Morgan fingerprint density at radius 2 is 2.28 bits per heavy atom. The maximum absolute atomic E-state index is 6.33. The fourth-order valence-electron chi connectivity index (χ4n) is 2.49. The quantitative estimate of drug-likeness (QED) is 0.659. The number of benzene rings is 1. The van der Waals surface area contributed by atoms with Gasteiger partial charge in [-0.2, -0.15) is 0 Å². The van der Waals surface area contributed by atoms with Crippen molar-refractivity contribution in [2.45, 2.75) is 12.1 Å². The summed E-state index contributed by atoms with van der Waals surface area (Å²) in [5.41, 5.74) is 14.8. The highest BCUT2D eigenvalue weighted by atomic mass is 15.2. The summed E-state index contributed by atoms with van der Waals surface area (Å²) in [5, 5.41) is 3.02. The average Bonchev–Trinajstić information content (AvgIpc) is 2.70. The van der Waals surface area contributed by atoms with Gasteiger partial charge in [-0.25, -0.2) is 4.99 Å². The third-order valence-corrected chi connectivity index (χ3v) is 3.58. The summed E-state index contributed by atoms with van der Waals surface area (Å²) in [7, 11) is 2.10. The van der Waals surface area contributed by atoms with Gasteiger partial charge in [0.2, 0.25) is 0 Å². The molecule has 3 rings (SSSR count). The number of rotatable bonds is 1. The highest BCUT2D eigenvalue weighted by molar-refractivity contribution is 5.81. The second-order valence-electron chi connectivity index (χ2n) is 4.84. The molecule has 0 fully saturated rings. The van der Waals surface area contributed by atoms with E-state index in [1.807, 2.05) is 12.1 Å². The molecule has 0 aromatic heterocycles. The Bertz CT molecular complexity index is 548. The largest absolute Gasteiger partial charge is 0.374 e. The molecule has 0 spiro atoms. The number of nitrogens with one attached hydrogen (secondary N) is 1. The number of hydrogen-bond donors (Lipinski definition) is 3. The molecule has 1 aromatic carbocycles. The lowest BCUT2D eigenvalue weighted by atomic mass is 9.97. The van der Waals surface area contributed by atoms with Crippen LogP contribution in [0.4, 0.5) is 5.69 Å². The highest BCUT2D eigenvalue weighted by Gasteiger charge is 2.28. The minimum absolute atomic E-state index is 0.342. The number of nitrogens with zero attached hydrogens (tertiary/aromatic N) is 2. The van der Waals surface area contributed by atoms with Crippen molar-refractivity contribution in [1.82, 2.24) is 5.32 Å². The predicted octanol–water partition coefficient (Wildman–Crippen LogP) is 0.222. The van der Waals surface area contributed by atoms with E-state index in [1.165, 1.54) is 11.3 Å². The Morgan fingerprint density at radius 1 is 1.44 bits per heavy atom. The van der Waals surface area contributed by atoms with Crippen LogP contribution in [0.3, 0.4) is 0 Å². The number of nitrogens with two attached hydrogens (primary N) is 2. The molecular formula is C13H17N5. The van der Waals surface area contributed by atoms with E-state index in [4.69, 9.17) is 11.5 Å². The lowest BCUT2D eigenvalue weighted by Gasteiger charge is -2.31. The third kappa shape index (κ3) is 1.64. The van der Waals surface area contributed by atoms with Crippen molar-refractivity contribution in [2.75, 3.05) is 18.5 Å². The number of guanidine groups is 1. The second-order valence-corrected chi connectivity index (χ2v) is 4.84. The zero-order valence-corrected chi connectivity index (χ0v) is 10.4. The van der Waals surface area contributed by atoms with Crippen LogP contribution >= 0.6 is 0 Å². The molecule has 2 aliphatic rings. The van der Waals surface area contributed by atoms with Crippen molar-refractivity contribution in [3.05, 3.63) is 41.6 Å². The predicted molar refractivity (Wildman–Crippen MR) is 73.2 cm³/mol. The molecule has 5 nitrogen and oxygen atoms in total. The Morgan fingerprint density at radius 3 is 3.06 bits per heavy atom. The van der Waals surface area contributed by atoms with Crippen molar-refractivity contribution in [3.8, 4) is 0 Å². The summed E-state index contributed by atoms with van der Waals surface area (Å²) in [6, 6.07) is 6.31. The molecule has 0 radical (unpaired) electrons. The molecule has 5 heteroatoms. The van der Waals surface area contributed by atoms with Crippen molar-refractivity contribution in [2.24, 2.45) is 16.5 Å². The zero-order chi connectivity index (χ0) is 12.8. The molecule has 2 heterocycles. The Hall–Kier alpha value is -2.01. The Balaban J connectivity index is 2.01. The first kappa shape index (κ1) is 11.1. The molecule has 1 unspecified atom stereocenters. The van der Waals surface area contributed by atoms with Gasteiger partial charge in [0, 0.05) is 25.5 Å². The smallest absolute Gasteiger partial charge is 0.195 e. The molecule has 2 aliphatic heterocycles. The molecule has 0 aliphatic carbocycles. The number of likely N-dealkylation sites (N-methyl/N-ethyl adjacent to an activating group) is 1. The van der Waals surface area contributed by atoms with Crippen LogP contribution < -0.4 is 21.7 Å². The molecule has 94 valence electrons. The Kier molecular flexibility index (Phi) is 2.31. The summed E-state index contributed by atoms with van der Waals surface area (Å²) in [6.45, 7) is 1.06. The molecule has 0 amide bonds. The van der Waals surface area contributed by atoms with Crippen LogP contribution in [0.15, 0.2) is 35.5 Å². The van der Waals surface area contributed by atoms with E-state index in [1.54, 1.807) is 6.20 Å². The van der Waals surface area contributed by atoms with Gasteiger partial charge in [-0.3, -0.25) is 0 Å². The lowest BCUT2D eigenvalue weighted by Crippen LogP contribution is -2.55. The van der Waals surface area contributed by atoms with Gasteiger partial charge >= 0.3 is 0 Å². The molecular weight excluding hydrogens is 226 g/mol. The SMILES string of the molecule is CN1CCc2ccc(C3(N)C=CN=C(N)N3)cc21. The minimum atomic E-state index is -0.774. The first-order valence-electron chi connectivity index (χ1n) is 6.01.